The monoisotopic (exact) mass is 380 g/mol. The van der Waals surface area contributed by atoms with E-state index in [-0.39, 0.29) is 12.4 Å². The normalized spacial score (nSPS) is 13.2. The van der Waals surface area contributed by atoms with Crippen LogP contribution in [0, 0.1) is 0 Å². The standard InChI is InChI=1S/C16H13ClN2O5S/c17-13-4-1-11(2-5-13)7-8-25(21,22)19-18-16(20)12-3-6-14-15(9-12)24-10-23-14/h1-9,19H,10H2,(H,18,20)/b8-7+. The van der Waals surface area contributed by atoms with E-state index in [1.165, 1.54) is 18.2 Å². The van der Waals surface area contributed by atoms with Crippen LogP contribution < -0.4 is 19.7 Å². The van der Waals surface area contributed by atoms with Gasteiger partial charge in [0, 0.05) is 16.0 Å². The van der Waals surface area contributed by atoms with Crippen molar-refractivity contribution in [2.75, 3.05) is 6.79 Å². The lowest BCUT2D eigenvalue weighted by Gasteiger charge is -2.06. The van der Waals surface area contributed by atoms with Gasteiger partial charge in [-0.2, -0.15) is 0 Å². The summed E-state index contributed by atoms with van der Waals surface area (Å²) >= 11 is 5.76. The molecule has 0 saturated carbocycles. The summed E-state index contributed by atoms with van der Waals surface area (Å²) in [4.78, 5) is 14.0. The van der Waals surface area contributed by atoms with Crippen LogP contribution in [0.25, 0.3) is 6.08 Å². The average molecular weight is 381 g/mol. The fourth-order valence-electron chi connectivity index (χ4n) is 2.00. The van der Waals surface area contributed by atoms with Crippen molar-refractivity contribution >= 4 is 33.6 Å². The van der Waals surface area contributed by atoms with Crippen LogP contribution in [0.4, 0.5) is 0 Å². The number of ether oxygens (including phenoxy) is 2. The predicted molar refractivity (Wildman–Crippen MR) is 92.6 cm³/mol. The Morgan fingerprint density at radius 2 is 1.80 bits per heavy atom. The molecule has 0 aromatic heterocycles. The van der Waals surface area contributed by atoms with Crippen molar-refractivity contribution in [3.05, 3.63) is 64.0 Å². The first-order valence-corrected chi connectivity index (χ1v) is 9.01. The molecule has 130 valence electrons. The molecule has 2 aromatic carbocycles. The van der Waals surface area contributed by atoms with E-state index in [1.807, 2.05) is 4.83 Å². The second-order valence-electron chi connectivity index (χ2n) is 5.02. The van der Waals surface area contributed by atoms with E-state index in [0.717, 1.165) is 5.41 Å². The molecule has 25 heavy (non-hydrogen) atoms. The highest BCUT2D eigenvalue weighted by atomic mass is 35.5. The summed E-state index contributed by atoms with van der Waals surface area (Å²) in [5, 5.41) is 1.49. The molecule has 2 N–H and O–H groups in total. The SMILES string of the molecule is O=C(NNS(=O)(=O)/C=C/c1ccc(Cl)cc1)c1ccc2c(c1)OCO2. The molecule has 1 aliphatic rings. The first kappa shape index (κ1) is 17.3. The van der Waals surface area contributed by atoms with Gasteiger partial charge in [-0.3, -0.25) is 10.2 Å². The molecule has 1 heterocycles. The summed E-state index contributed by atoms with van der Waals surface area (Å²) in [6, 6.07) is 11.2. The zero-order chi connectivity index (χ0) is 17.9. The number of hydrazine groups is 1. The fourth-order valence-corrected chi connectivity index (χ4v) is 2.77. The molecule has 3 rings (SSSR count). The Labute approximate surface area is 149 Å². The lowest BCUT2D eigenvalue weighted by Crippen LogP contribution is -2.40. The molecule has 0 bridgehead atoms. The van der Waals surface area contributed by atoms with Gasteiger partial charge in [-0.05, 0) is 42.0 Å². The van der Waals surface area contributed by atoms with E-state index in [2.05, 4.69) is 5.43 Å². The molecule has 9 heteroatoms. The summed E-state index contributed by atoms with van der Waals surface area (Å²) in [6.07, 6.45) is 1.38. The minimum atomic E-state index is -3.86. The largest absolute Gasteiger partial charge is 0.454 e. The molecule has 1 amide bonds. The Balaban J connectivity index is 1.61. The lowest BCUT2D eigenvalue weighted by atomic mass is 10.2. The summed E-state index contributed by atoms with van der Waals surface area (Å²) in [5.41, 5.74) is 3.01. The lowest BCUT2D eigenvalue weighted by molar-refractivity contribution is 0.0945. The third kappa shape index (κ3) is 4.50. The van der Waals surface area contributed by atoms with Crippen LogP contribution >= 0.6 is 11.6 Å². The van der Waals surface area contributed by atoms with Gasteiger partial charge in [-0.25, -0.2) is 8.42 Å². The molecule has 0 spiro atoms. The van der Waals surface area contributed by atoms with Gasteiger partial charge in [0.15, 0.2) is 11.5 Å². The van der Waals surface area contributed by atoms with E-state index in [9.17, 15) is 13.2 Å². The average Bonchev–Trinajstić information content (AvgIpc) is 3.07. The van der Waals surface area contributed by atoms with Crippen LogP contribution in [0.2, 0.25) is 5.02 Å². The van der Waals surface area contributed by atoms with Crippen molar-refractivity contribution in [2.24, 2.45) is 0 Å². The first-order chi connectivity index (χ1) is 11.9. The van der Waals surface area contributed by atoms with E-state index in [0.29, 0.717) is 22.1 Å². The smallest absolute Gasteiger partial charge is 0.266 e. The number of carbonyl (C=O) groups excluding carboxylic acids is 1. The zero-order valence-electron chi connectivity index (χ0n) is 12.7. The number of hydrogen-bond acceptors (Lipinski definition) is 5. The molecule has 7 nitrogen and oxygen atoms in total. The van der Waals surface area contributed by atoms with Gasteiger partial charge in [0.2, 0.25) is 6.79 Å². The van der Waals surface area contributed by atoms with Gasteiger partial charge < -0.3 is 9.47 Å². The Kier molecular flexibility index (Phi) is 4.93. The highest BCUT2D eigenvalue weighted by molar-refractivity contribution is 7.92. The number of carbonyl (C=O) groups is 1. The number of fused-ring (bicyclic) bond motifs is 1. The molecular formula is C16H13ClN2O5S. The molecule has 0 saturated heterocycles. The molecule has 2 aromatic rings. The molecule has 1 aliphatic heterocycles. The third-order valence-corrected chi connectivity index (χ3v) is 4.38. The van der Waals surface area contributed by atoms with Crippen LogP contribution in [0.3, 0.4) is 0 Å². The second-order valence-corrected chi connectivity index (χ2v) is 7.03. The van der Waals surface area contributed by atoms with Gasteiger partial charge >= 0.3 is 0 Å². The molecular weight excluding hydrogens is 368 g/mol. The van der Waals surface area contributed by atoms with E-state index < -0.39 is 15.9 Å². The highest BCUT2D eigenvalue weighted by Gasteiger charge is 2.17. The van der Waals surface area contributed by atoms with Crippen LogP contribution in [0.15, 0.2) is 47.9 Å². The van der Waals surface area contributed by atoms with Crippen LogP contribution in [0.1, 0.15) is 15.9 Å². The number of halogens is 1. The van der Waals surface area contributed by atoms with Gasteiger partial charge in [-0.15, -0.1) is 4.83 Å². The van der Waals surface area contributed by atoms with Crippen molar-refractivity contribution in [1.29, 1.82) is 0 Å². The minimum Gasteiger partial charge on any atom is -0.454 e. The summed E-state index contributed by atoms with van der Waals surface area (Å²) in [5.74, 6) is 0.336. The van der Waals surface area contributed by atoms with Crippen molar-refractivity contribution in [1.82, 2.24) is 10.3 Å². The first-order valence-electron chi connectivity index (χ1n) is 7.08. The van der Waals surface area contributed by atoms with Crippen LogP contribution in [-0.4, -0.2) is 21.1 Å². The van der Waals surface area contributed by atoms with E-state index >= 15 is 0 Å². The van der Waals surface area contributed by atoms with Gasteiger partial charge in [0.25, 0.3) is 15.9 Å². The molecule has 0 radical (unpaired) electrons. The minimum absolute atomic E-state index is 0.0858. The maximum Gasteiger partial charge on any atom is 0.266 e. The number of sulfonamides is 1. The summed E-state index contributed by atoms with van der Waals surface area (Å²) in [6.45, 7) is 0.0858. The fraction of sp³-hybridized carbons (Fsp3) is 0.0625. The Morgan fingerprint density at radius 1 is 1.08 bits per heavy atom. The maximum absolute atomic E-state index is 12.0. The summed E-state index contributed by atoms with van der Waals surface area (Å²) in [7, 11) is -3.86. The quantitative estimate of drug-likeness (QED) is 0.776. The predicted octanol–water partition coefficient (Wildman–Crippen LogP) is 2.30. The third-order valence-electron chi connectivity index (χ3n) is 3.25. The van der Waals surface area contributed by atoms with E-state index in [1.54, 1.807) is 30.3 Å². The Bertz CT molecular complexity index is 926. The van der Waals surface area contributed by atoms with Crippen LogP contribution in [-0.2, 0) is 10.0 Å². The van der Waals surface area contributed by atoms with E-state index in [4.69, 9.17) is 21.1 Å². The zero-order valence-corrected chi connectivity index (χ0v) is 14.3. The second kappa shape index (κ2) is 7.14. The molecule has 0 aliphatic carbocycles. The van der Waals surface area contributed by atoms with Crippen molar-refractivity contribution in [2.45, 2.75) is 0 Å². The number of rotatable bonds is 5. The number of nitrogens with one attached hydrogen (secondary N) is 2. The van der Waals surface area contributed by atoms with Crippen molar-refractivity contribution < 1.29 is 22.7 Å². The number of benzene rings is 2. The van der Waals surface area contributed by atoms with Gasteiger partial charge in [0.05, 0.1) is 0 Å². The number of amides is 1. The Hall–Kier alpha value is -2.55. The summed E-state index contributed by atoms with van der Waals surface area (Å²) < 4.78 is 34.1. The van der Waals surface area contributed by atoms with Crippen LogP contribution in [0.5, 0.6) is 11.5 Å². The number of hydrogen-bond donors (Lipinski definition) is 2. The molecule has 0 fully saturated rings. The topological polar surface area (TPSA) is 93.7 Å². The van der Waals surface area contributed by atoms with Gasteiger partial charge in [0.1, 0.15) is 0 Å². The van der Waals surface area contributed by atoms with Gasteiger partial charge in [-0.1, -0.05) is 23.7 Å². The van der Waals surface area contributed by atoms with Crippen molar-refractivity contribution in [3.63, 3.8) is 0 Å². The molecule has 0 atom stereocenters. The Morgan fingerprint density at radius 3 is 2.56 bits per heavy atom. The van der Waals surface area contributed by atoms with Crippen molar-refractivity contribution in [3.8, 4) is 11.5 Å². The molecule has 0 unspecified atom stereocenters. The highest BCUT2D eigenvalue weighted by Crippen LogP contribution is 2.32. The maximum atomic E-state index is 12.0.